The molecule has 1 aromatic carbocycles. The van der Waals surface area contributed by atoms with Crippen molar-refractivity contribution in [3.8, 4) is 5.75 Å². The van der Waals surface area contributed by atoms with Crippen LogP contribution in [0.15, 0.2) is 29.4 Å². The molecule has 1 aliphatic rings. The number of nitrogens with two attached hydrogens (primary N) is 1. The van der Waals surface area contributed by atoms with Crippen LogP contribution in [-0.4, -0.2) is 39.1 Å². The van der Waals surface area contributed by atoms with E-state index in [2.05, 4.69) is 22.4 Å². The minimum Gasteiger partial charge on any atom is -0.482 e. The van der Waals surface area contributed by atoms with E-state index < -0.39 is 11.8 Å². The first kappa shape index (κ1) is 25.0. The zero-order chi connectivity index (χ0) is 24.9. The number of thiophene rings is 1. The molecule has 0 radical (unpaired) electrons. The summed E-state index contributed by atoms with van der Waals surface area (Å²) in [6.45, 7) is 4.12. The van der Waals surface area contributed by atoms with Crippen LogP contribution < -0.4 is 15.9 Å². The predicted molar refractivity (Wildman–Crippen MR) is 132 cm³/mol. The van der Waals surface area contributed by atoms with Crippen molar-refractivity contribution < 1.29 is 23.5 Å². The SMILES string of the molecule is CCOC(=O)c1c(NC(=O)CSc2nnc(COc3ccccc3F)n2N)sc2c1CCC(C)C2. The molecular weight excluding hydrogens is 493 g/mol. The largest absolute Gasteiger partial charge is 0.482 e. The minimum atomic E-state index is -0.492. The molecule has 186 valence electrons. The highest BCUT2D eigenvalue weighted by Gasteiger charge is 2.29. The van der Waals surface area contributed by atoms with E-state index in [1.807, 2.05) is 0 Å². The highest BCUT2D eigenvalue weighted by molar-refractivity contribution is 7.99. The molecule has 0 saturated heterocycles. The monoisotopic (exact) mass is 519 g/mol. The van der Waals surface area contributed by atoms with E-state index in [9.17, 15) is 14.0 Å². The van der Waals surface area contributed by atoms with Crippen LogP contribution in [0.25, 0.3) is 0 Å². The number of ether oxygens (including phenoxy) is 2. The van der Waals surface area contributed by atoms with Crippen LogP contribution in [0.3, 0.4) is 0 Å². The standard InChI is InChI=1S/C23H26FN5O4S2/c1-3-32-22(31)20-14-9-8-13(2)10-17(14)35-21(20)26-19(30)12-34-23-28-27-18(29(23)25)11-33-16-7-5-4-6-15(16)24/h4-7,13H,3,8-12,25H2,1-2H3,(H,26,30). The molecule has 3 N–H and O–H groups in total. The van der Waals surface area contributed by atoms with E-state index in [0.29, 0.717) is 21.6 Å². The van der Waals surface area contributed by atoms with Crippen LogP contribution >= 0.6 is 23.1 Å². The number of benzene rings is 1. The van der Waals surface area contributed by atoms with Crippen LogP contribution in [0.2, 0.25) is 0 Å². The molecule has 0 saturated carbocycles. The van der Waals surface area contributed by atoms with Gasteiger partial charge in [0.05, 0.1) is 17.9 Å². The smallest absolute Gasteiger partial charge is 0.341 e. The van der Waals surface area contributed by atoms with Gasteiger partial charge in [0, 0.05) is 4.88 Å². The van der Waals surface area contributed by atoms with E-state index in [0.717, 1.165) is 41.5 Å². The number of nitrogens with zero attached hydrogens (tertiary/aromatic N) is 3. The fraction of sp³-hybridized carbons (Fsp3) is 0.391. The van der Waals surface area contributed by atoms with Crippen LogP contribution in [0.5, 0.6) is 5.75 Å². The molecule has 9 nitrogen and oxygen atoms in total. The topological polar surface area (TPSA) is 121 Å². The van der Waals surface area contributed by atoms with Gasteiger partial charge in [-0.25, -0.2) is 13.9 Å². The average Bonchev–Trinajstić information content (AvgIpc) is 3.36. The Balaban J connectivity index is 1.39. The molecule has 35 heavy (non-hydrogen) atoms. The maximum absolute atomic E-state index is 13.7. The van der Waals surface area contributed by atoms with E-state index >= 15 is 0 Å². The summed E-state index contributed by atoms with van der Waals surface area (Å²) >= 11 is 2.53. The van der Waals surface area contributed by atoms with E-state index in [1.54, 1.807) is 19.1 Å². The normalized spacial score (nSPS) is 14.9. The van der Waals surface area contributed by atoms with Gasteiger partial charge in [0.2, 0.25) is 11.1 Å². The number of aromatic nitrogens is 3. The first-order valence-corrected chi connectivity index (χ1v) is 13.0. The third-order valence-electron chi connectivity index (χ3n) is 5.51. The van der Waals surface area contributed by atoms with Gasteiger partial charge in [-0.3, -0.25) is 4.79 Å². The highest BCUT2D eigenvalue weighted by atomic mass is 32.2. The molecule has 1 atom stereocenters. The molecule has 1 amide bonds. The minimum absolute atomic E-state index is 0.00470. The number of carbonyl (C=O) groups is 2. The number of anilines is 1. The van der Waals surface area contributed by atoms with Crippen LogP contribution in [0.4, 0.5) is 9.39 Å². The lowest BCUT2D eigenvalue weighted by Crippen LogP contribution is -2.19. The summed E-state index contributed by atoms with van der Waals surface area (Å²) in [5.74, 6) is 5.71. The Morgan fingerprint density at radius 1 is 1.34 bits per heavy atom. The number of nitrogen functional groups attached to an aromatic ring is 1. The Morgan fingerprint density at radius 2 is 2.14 bits per heavy atom. The second kappa shape index (κ2) is 11.1. The van der Waals surface area contributed by atoms with Gasteiger partial charge in [-0.1, -0.05) is 30.8 Å². The first-order valence-electron chi connectivity index (χ1n) is 11.2. The van der Waals surface area contributed by atoms with Crippen LogP contribution in [-0.2, 0) is 29.0 Å². The van der Waals surface area contributed by atoms with Gasteiger partial charge in [0.15, 0.2) is 17.4 Å². The number of hydrogen-bond donors (Lipinski definition) is 2. The number of thioether (sulfide) groups is 1. The number of amides is 1. The molecule has 1 aliphatic carbocycles. The molecular formula is C23H26FN5O4S2. The van der Waals surface area contributed by atoms with E-state index in [4.69, 9.17) is 15.3 Å². The Morgan fingerprint density at radius 3 is 2.91 bits per heavy atom. The van der Waals surface area contributed by atoms with Crippen molar-refractivity contribution in [2.75, 3.05) is 23.5 Å². The molecule has 0 fully saturated rings. The molecule has 4 rings (SSSR count). The van der Waals surface area contributed by atoms with Gasteiger partial charge in [-0.15, -0.1) is 21.5 Å². The van der Waals surface area contributed by atoms with Gasteiger partial charge >= 0.3 is 5.97 Å². The van der Waals surface area contributed by atoms with Crippen molar-refractivity contribution in [1.82, 2.24) is 14.9 Å². The second-order valence-electron chi connectivity index (χ2n) is 8.10. The lowest BCUT2D eigenvalue weighted by atomic mass is 9.88. The third-order valence-corrected chi connectivity index (χ3v) is 7.62. The summed E-state index contributed by atoms with van der Waals surface area (Å²) < 4.78 is 25.6. The Bertz CT molecular complexity index is 1230. The highest BCUT2D eigenvalue weighted by Crippen LogP contribution is 2.40. The van der Waals surface area contributed by atoms with E-state index in [1.165, 1.54) is 28.1 Å². The van der Waals surface area contributed by atoms with Gasteiger partial charge in [0.25, 0.3) is 0 Å². The van der Waals surface area contributed by atoms with Crippen molar-refractivity contribution in [2.24, 2.45) is 5.92 Å². The number of carbonyl (C=O) groups excluding carboxylic acids is 2. The van der Waals surface area contributed by atoms with Crippen molar-refractivity contribution in [1.29, 1.82) is 0 Å². The fourth-order valence-electron chi connectivity index (χ4n) is 3.76. The number of para-hydroxylation sites is 1. The summed E-state index contributed by atoms with van der Waals surface area (Å²) in [5.41, 5.74) is 1.45. The number of halogens is 1. The molecule has 2 aromatic heterocycles. The fourth-order valence-corrected chi connectivity index (χ4v) is 5.85. The van der Waals surface area contributed by atoms with Gasteiger partial charge in [-0.2, -0.15) is 0 Å². The quantitative estimate of drug-likeness (QED) is 0.249. The summed E-state index contributed by atoms with van der Waals surface area (Å²) in [7, 11) is 0. The molecule has 0 spiro atoms. The van der Waals surface area contributed by atoms with Crippen molar-refractivity contribution in [2.45, 2.75) is 44.9 Å². The second-order valence-corrected chi connectivity index (χ2v) is 10.1. The van der Waals surface area contributed by atoms with E-state index in [-0.39, 0.29) is 36.4 Å². The van der Waals surface area contributed by atoms with Gasteiger partial charge < -0.3 is 20.6 Å². The average molecular weight is 520 g/mol. The summed E-state index contributed by atoms with van der Waals surface area (Å²) in [5, 5.41) is 11.6. The predicted octanol–water partition coefficient (Wildman–Crippen LogP) is 3.80. The number of rotatable bonds is 9. The zero-order valence-electron chi connectivity index (χ0n) is 19.4. The number of nitrogens with one attached hydrogen (secondary N) is 1. The number of hydrogen-bond acceptors (Lipinski definition) is 9. The molecule has 12 heteroatoms. The summed E-state index contributed by atoms with van der Waals surface area (Å²) in [6.07, 6.45) is 2.67. The molecule has 3 aromatic rings. The number of fused-ring (bicyclic) bond motifs is 1. The molecule has 0 aliphatic heterocycles. The third kappa shape index (κ3) is 5.76. The van der Waals surface area contributed by atoms with Gasteiger partial charge in [0.1, 0.15) is 11.6 Å². The zero-order valence-corrected chi connectivity index (χ0v) is 21.0. The lowest BCUT2D eigenvalue weighted by molar-refractivity contribution is -0.113. The Kier molecular flexibility index (Phi) is 7.91. The van der Waals surface area contributed by atoms with Crippen molar-refractivity contribution >= 4 is 40.0 Å². The van der Waals surface area contributed by atoms with Crippen LogP contribution in [0, 0.1) is 11.7 Å². The summed E-state index contributed by atoms with van der Waals surface area (Å²) in [6, 6.07) is 6.01. The Hall–Kier alpha value is -3.12. The van der Waals surface area contributed by atoms with Crippen molar-refractivity contribution in [3.63, 3.8) is 0 Å². The molecule has 2 heterocycles. The van der Waals surface area contributed by atoms with Crippen molar-refractivity contribution in [3.05, 3.63) is 51.9 Å². The van der Waals surface area contributed by atoms with Crippen LogP contribution in [0.1, 0.15) is 46.9 Å². The molecule has 0 bridgehead atoms. The lowest BCUT2D eigenvalue weighted by Gasteiger charge is -2.18. The maximum Gasteiger partial charge on any atom is 0.341 e. The maximum atomic E-state index is 13.7. The van der Waals surface area contributed by atoms with Gasteiger partial charge in [-0.05, 0) is 49.8 Å². The first-order chi connectivity index (χ1) is 16.9. The molecule has 1 unspecified atom stereocenters. The Labute approximate surface area is 210 Å². The number of esters is 1. The summed E-state index contributed by atoms with van der Waals surface area (Å²) in [4.78, 5) is 26.5.